The molecule has 2 fully saturated rings. The number of nitrogens with zero attached hydrogens (tertiary/aromatic N) is 1. The molecule has 98 valence electrons. The molecule has 1 N–H and O–H groups in total. The van der Waals surface area contributed by atoms with Gasteiger partial charge in [0.05, 0.1) is 8.66 Å². The first-order chi connectivity index (χ1) is 8.63. The fourth-order valence-electron chi connectivity index (χ4n) is 2.74. The molecule has 0 aliphatic carbocycles. The van der Waals surface area contributed by atoms with Gasteiger partial charge in [0.25, 0.3) is 5.91 Å². The Morgan fingerprint density at radius 2 is 2.11 bits per heavy atom. The second kappa shape index (κ2) is 5.23. The second-order valence-electron chi connectivity index (χ2n) is 4.91. The highest BCUT2D eigenvalue weighted by Gasteiger charge is 2.31. The van der Waals surface area contributed by atoms with Crippen LogP contribution in [-0.4, -0.2) is 36.0 Å². The van der Waals surface area contributed by atoms with Gasteiger partial charge in [0.2, 0.25) is 0 Å². The van der Waals surface area contributed by atoms with E-state index in [0.717, 1.165) is 32.6 Å². The number of nitrogens with one attached hydrogen (secondary N) is 1. The molecule has 0 aromatic carbocycles. The molecule has 2 aliphatic heterocycles. The highest BCUT2D eigenvalue weighted by molar-refractivity contribution is 9.13. The third-order valence-electron chi connectivity index (χ3n) is 3.67. The lowest BCUT2D eigenvalue weighted by Gasteiger charge is -2.23. The molecule has 1 aromatic heterocycles. The van der Waals surface area contributed by atoms with Gasteiger partial charge in [0.1, 0.15) is 0 Å². The van der Waals surface area contributed by atoms with Crippen molar-refractivity contribution in [1.29, 1.82) is 0 Å². The number of thiophene rings is 1. The van der Waals surface area contributed by atoms with Crippen molar-refractivity contribution in [1.82, 2.24) is 10.2 Å². The van der Waals surface area contributed by atoms with Crippen LogP contribution in [0.15, 0.2) is 14.3 Å². The fourth-order valence-corrected chi connectivity index (χ4v) is 4.74. The molecular weight excluding hydrogens is 380 g/mol. The van der Waals surface area contributed by atoms with Crippen molar-refractivity contribution >= 4 is 49.1 Å². The van der Waals surface area contributed by atoms with Crippen molar-refractivity contribution < 1.29 is 4.79 Å². The summed E-state index contributed by atoms with van der Waals surface area (Å²) in [6.45, 7) is 1.72. The molecule has 3 rings (SSSR count). The van der Waals surface area contributed by atoms with E-state index in [1.165, 1.54) is 24.2 Å². The van der Waals surface area contributed by atoms with Crippen LogP contribution in [0.4, 0.5) is 0 Å². The third-order valence-corrected chi connectivity index (χ3v) is 6.91. The quantitative estimate of drug-likeness (QED) is 0.794. The molecule has 2 atom stereocenters. The van der Waals surface area contributed by atoms with Gasteiger partial charge in [-0.25, -0.2) is 0 Å². The molecule has 2 unspecified atom stereocenters. The SMILES string of the molecule is O=C(c1cc(Br)c(Br)s1)N1CCC2CCC(C1)N2. The molecule has 18 heavy (non-hydrogen) atoms. The predicted molar refractivity (Wildman–Crippen MR) is 80.2 cm³/mol. The lowest BCUT2D eigenvalue weighted by Crippen LogP contribution is -2.38. The van der Waals surface area contributed by atoms with Crippen LogP contribution in [0.1, 0.15) is 28.9 Å². The first-order valence-electron chi connectivity index (χ1n) is 6.13. The zero-order valence-corrected chi connectivity index (χ0v) is 13.8. The minimum Gasteiger partial charge on any atom is -0.336 e. The number of rotatable bonds is 1. The maximum Gasteiger partial charge on any atom is 0.264 e. The van der Waals surface area contributed by atoms with Gasteiger partial charge in [-0.05, 0) is 57.2 Å². The average molecular weight is 394 g/mol. The Morgan fingerprint density at radius 1 is 1.33 bits per heavy atom. The Kier molecular flexibility index (Phi) is 3.80. The molecule has 1 aromatic rings. The molecule has 6 heteroatoms. The van der Waals surface area contributed by atoms with Gasteiger partial charge < -0.3 is 10.2 Å². The normalized spacial score (nSPS) is 27.3. The maximum atomic E-state index is 12.5. The van der Waals surface area contributed by atoms with Gasteiger partial charge in [0, 0.05) is 29.6 Å². The van der Waals surface area contributed by atoms with Crippen LogP contribution < -0.4 is 5.32 Å². The van der Waals surface area contributed by atoms with E-state index in [-0.39, 0.29) is 5.91 Å². The van der Waals surface area contributed by atoms with Crippen molar-refractivity contribution in [3.8, 4) is 0 Å². The van der Waals surface area contributed by atoms with Crippen molar-refractivity contribution in [3.63, 3.8) is 0 Å². The average Bonchev–Trinajstić information content (AvgIpc) is 2.82. The molecule has 0 saturated carbocycles. The summed E-state index contributed by atoms with van der Waals surface area (Å²) >= 11 is 8.38. The monoisotopic (exact) mass is 392 g/mol. The van der Waals surface area contributed by atoms with E-state index in [2.05, 4.69) is 37.2 Å². The number of likely N-dealkylation sites (tertiary alicyclic amines) is 1. The summed E-state index contributed by atoms with van der Waals surface area (Å²) in [5, 5.41) is 3.60. The van der Waals surface area contributed by atoms with Crippen LogP contribution in [0.25, 0.3) is 0 Å². The summed E-state index contributed by atoms with van der Waals surface area (Å²) in [6.07, 6.45) is 3.55. The van der Waals surface area contributed by atoms with E-state index in [4.69, 9.17) is 0 Å². The topological polar surface area (TPSA) is 32.3 Å². The minimum absolute atomic E-state index is 0.167. The molecule has 2 bridgehead atoms. The molecule has 2 saturated heterocycles. The van der Waals surface area contributed by atoms with Crippen molar-refractivity contribution in [2.24, 2.45) is 0 Å². The summed E-state index contributed by atoms with van der Waals surface area (Å²) in [6, 6.07) is 3.02. The maximum absolute atomic E-state index is 12.5. The summed E-state index contributed by atoms with van der Waals surface area (Å²) in [5.74, 6) is 0.167. The van der Waals surface area contributed by atoms with Gasteiger partial charge in [-0.15, -0.1) is 11.3 Å². The van der Waals surface area contributed by atoms with E-state index in [1.54, 1.807) is 0 Å². The highest BCUT2D eigenvalue weighted by Crippen LogP contribution is 2.33. The Labute approximate surface area is 127 Å². The van der Waals surface area contributed by atoms with E-state index < -0.39 is 0 Å². The van der Waals surface area contributed by atoms with Crippen LogP contribution in [-0.2, 0) is 0 Å². The highest BCUT2D eigenvalue weighted by atomic mass is 79.9. The van der Waals surface area contributed by atoms with Crippen LogP contribution in [0.2, 0.25) is 0 Å². The van der Waals surface area contributed by atoms with Crippen LogP contribution in [0.3, 0.4) is 0 Å². The third kappa shape index (κ3) is 2.53. The number of halogens is 2. The Hall–Kier alpha value is 0.0900. The second-order valence-corrected chi connectivity index (χ2v) is 8.13. The first-order valence-corrected chi connectivity index (χ1v) is 8.54. The van der Waals surface area contributed by atoms with Gasteiger partial charge in [-0.2, -0.15) is 0 Å². The van der Waals surface area contributed by atoms with Crippen LogP contribution in [0.5, 0.6) is 0 Å². The number of amides is 1. The molecule has 0 spiro atoms. The first kappa shape index (κ1) is 13.1. The molecule has 0 radical (unpaired) electrons. The largest absolute Gasteiger partial charge is 0.336 e. The molecule has 3 heterocycles. The van der Waals surface area contributed by atoms with E-state index in [1.807, 2.05) is 11.0 Å². The van der Waals surface area contributed by atoms with Gasteiger partial charge >= 0.3 is 0 Å². The van der Waals surface area contributed by atoms with E-state index in [9.17, 15) is 4.79 Å². The smallest absolute Gasteiger partial charge is 0.264 e. The zero-order valence-electron chi connectivity index (χ0n) is 9.79. The zero-order chi connectivity index (χ0) is 12.7. The lowest BCUT2D eigenvalue weighted by molar-refractivity contribution is 0.0753. The van der Waals surface area contributed by atoms with Crippen molar-refractivity contribution in [2.75, 3.05) is 13.1 Å². The number of hydrogen-bond donors (Lipinski definition) is 1. The van der Waals surface area contributed by atoms with Crippen LogP contribution in [0, 0.1) is 0 Å². The predicted octanol–water partition coefficient (Wildman–Crippen LogP) is 3.24. The fraction of sp³-hybridized carbons (Fsp3) is 0.583. The standard InChI is InChI=1S/C12H14Br2N2OS/c13-9-5-10(18-11(9)14)12(17)16-4-3-7-1-2-8(6-16)15-7/h5,7-8,15H,1-4,6H2. The number of hydrogen-bond acceptors (Lipinski definition) is 3. The summed E-state index contributed by atoms with van der Waals surface area (Å²) < 4.78 is 1.95. The van der Waals surface area contributed by atoms with Gasteiger partial charge in [-0.1, -0.05) is 0 Å². The van der Waals surface area contributed by atoms with Crippen molar-refractivity contribution in [2.45, 2.75) is 31.3 Å². The number of carbonyl (C=O) groups is 1. The molecular formula is C12H14Br2N2OS. The van der Waals surface area contributed by atoms with Gasteiger partial charge in [-0.3, -0.25) is 4.79 Å². The van der Waals surface area contributed by atoms with Crippen molar-refractivity contribution in [3.05, 3.63) is 19.2 Å². The summed E-state index contributed by atoms with van der Waals surface area (Å²) in [4.78, 5) is 15.3. The Bertz CT molecular complexity index is 457. The van der Waals surface area contributed by atoms with Gasteiger partial charge in [0.15, 0.2) is 0 Å². The Balaban J connectivity index is 1.76. The van der Waals surface area contributed by atoms with Crippen LogP contribution >= 0.6 is 43.2 Å². The molecule has 2 aliphatic rings. The van der Waals surface area contributed by atoms with E-state index >= 15 is 0 Å². The number of fused-ring (bicyclic) bond motifs is 2. The molecule has 1 amide bonds. The van der Waals surface area contributed by atoms with E-state index in [0.29, 0.717) is 12.1 Å². The summed E-state index contributed by atoms with van der Waals surface area (Å²) in [7, 11) is 0. The summed E-state index contributed by atoms with van der Waals surface area (Å²) in [5.41, 5.74) is 0. The lowest BCUT2D eigenvalue weighted by atomic mass is 10.1. The Morgan fingerprint density at radius 3 is 2.83 bits per heavy atom. The minimum atomic E-state index is 0.167. The molecule has 3 nitrogen and oxygen atoms in total. The number of carbonyl (C=O) groups excluding carboxylic acids is 1.